The normalized spacial score (nSPS) is 11.5. The van der Waals surface area contributed by atoms with Crippen molar-refractivity contribution in [1.82, 2.24) is 16.0 Å². The van der Waals surface area contributed by atoms with Gasteiger partial charge in [0.05, 0.1) is 6.26 Å². The van der Waals surface area contributed by atoms with Crippen LogP contribution in [0.4, 0.5) is 4.79 Å². The molecule has 0 saturated heterocycles. The molecule has 24 heavy (non-hydrogen) atoms. The lowest BCUT2D eigenvalue weighted by atomic mass is 10.1. The van der Waals surface area contributed by atoms with Crippen molar-refractivity contribution in [3.8, 4) is 0 Å². The third-order valence-electron chi connectivity index (χ3n) is 3.53. The van der Waals surface area contributed by atoms with Crippen LogP contribution in [0, 0.1) is 0 Å². The van der Waals surface area contributed by atoms with Crippen LogP contribution >= 0.6 is 0 Å². The molecule has 1 aromatic carbocycles. The first-order valence-corrected chi connectivity index (χ1v) is 8.05. The van der Waals surface area contributed by atoms with Crippen molar-refractivity contribution in [3.05, 3.63) is 60.1 Å². The van der Waals surface area contributed by atoms with Crippen molar-refractivity contribution in [3.63, 3.8) is 0 Å². The molecular formula is C18H23N3O3. The molecule has 0 bridgehead atoms. The smallest absolute Gasteiger partial charge is 0.315 e. The van der Waals surface area contributed by atoms with Crippen LogP contribution in [0.1, 0.15) is 29.5 Å². The molecule has 3 N–H and O–H groups in total. The molecule has 6 nitrogen and oxygen atoms in total. The molecule has 1 atom stereocenters. The summed E-state index contributed by atoms with van der Waals surface area (Å²) in [5.41, 5.74) is 1.26. The number of furan rings is 1. The van der Waals surface area contributed by atoms with Gasteiger partial charge in [0, 0.05) is 19.1 Å². The van der Waals surface area contributed by atoms with Gasteiger partial charge in [-0.2, -0.15) is 0 Å². The number of urea groups is 1. The molecule has 2 rings (SSSR count). The summed E-state index contributed by atoms with van der Waals surface area (Å²) >= 11 is 0. The highest BCUT2D eigenvalue weighted by Crippen LogP contribution is 2.04. The van der Waals surface area contributed by atoms with Gasteiger partial charge in [0.15, 0.2) is 5.76 Å². The molecule has 0 aliphatic heterocycles. The molecule has 6 heteroatoms. The first-order chi connectivity index (χ1) is 11.6. The van der Waals surface area contributed by atoms with Crippen molar-refractivity contribution >= 4 is 11.9 Å². The lowest BCUT2D eigenvalue weighted by Crippen LogP contribution is -2.43. The summed E-state index contributed by atoms with van der Waals surface area (Å²) in [7, 11) is 0. The maximum absolute atomic E-state index is 11.8. The summed E-state index contributed by atoms with van der Waals surface area (Å²) < 4.78 is 4.98. The first-order valence-electron chi connectivity index (χ1n) is 8.05. The number of aryl methyl sites for hydroxylation is 1. The topological polar surface area (TPSA) is 83.4 Å². The zero-order chi connectivity index (χ0) is 17.2. The number of carbonyl (C=O) groups excluding carboxylic acids is 2. The quantitative estimate of drug-likeness (QED) is 0.650. The standard InChI is InChI=1S/C18H23N3O3/c1-14(9-10-15-6-3-2-4-7-15)21-18(23)20-12-11-19-17(22)16-8-5-13-24-16/h2-8,13-14H,9-12H2,1H3,(H,19,22)(H2,20,21,23). The monoisotopic (exact) mass is 329 g/mol. The van der Waals surface area contributed by atoms with Crippen LogP contribution in [0.3, 0.4) is 0 Å². The molecule has 2 aromatic rings. The van der Waals surface area contributed by atoms with Gasteiger partial charge in [-0.05, 0) is 37.5 Å². The molecule has 0 spiro atoms. The third kappa shape index (κ3) is 6.16. The summed E-state index contributed by atoms with van der Waals surface area (Å²) in [6.07, 6.45) is 3.23. The molecule has 128 valence electrons. The zero-order valence-corrected chi connectivity index (χ0v) is 13.7. The van der Waals surface area contributed by atoms with Gasteiger partial charge in [-0.25, -0.2) is 4.79 Å². The van der Waals surface area contributed by atoms with Gasteiger partial charge in [0.25, 0.3) is 5.91 Å². The van der Waals surface area contributed by atoms with Crippen LogP contribution in [0.2, 0.25) is 0 Å². The minimum Gasteiger partial charge on any atom is -0.459 e. The predicted molar refractivity (Wildman–Crippen MR) is 91.8 cm³/mol. The average Bonchev–Trinajstić information content (AvgIpc) is 3.12. The summed E-state index contributed by atoms with van der Waals surface area (Å²) in [6.45, 7) is 2.66. The van der Waals surface area contributed by atoms with Gasteiger partial charge >= 0.3 is 6.03 Å². The van der Waals surface area contributed by atoms with Crippen LogP contribution in [0.5, 0.6) is 0 Å². The number of rotatable bonds is 8. The molecule has 1 aromatic heterocycles. The van der Waals surface area contributed by atoms with Crippen LogP contribution in [0.25, 0.3) is 0 Å². The molecule has 3 amide bonds. The number of carbonyl (C=O) groups is 2. The Bertz CT molecular complexity index is 626. The molecule has 0 saturated carbocycles. The average molecular weight is 329 g/mol. The molecule has 1 unspecified atom stereocenters. The highest BCUT2D eigenvalue weighted by molar-refractivity contribution is 5.91. The molecule has 0 radical (unpaired) electrons. The third-order valence-corrected chi connectivity index (χ3v) is 3.53. The van der Waals surface area contributed by atoms with E-state index in [0.29, 0.717) is 13.1 Å². The van der Waals surface area contributed by atoms with Crippen LogP contribution in [-0.2, 0) is 6.42 Å². The molecule has 0 fully saturated rings. The highest BCUT2D eigenvalue weighted by atomic mass is 16.3. The van der Waals surface area contributed by atoms with E-state index in [0.717, 1.165) is 12.8 Å². The number of hydrogen-bond acceptors (Lipinski definition) is 3. The van der Waals surface area contributed by atoms with Gasteiger partial charge in [-0.15, -0.1) is 0 Å². The van der Waals surface area contributed by atoms with Crippen molar-refractivity contribution in [2.45, 2.75) is 25.8 Å². The fourth-order valence-electron chi connectivity index (χ4n) is 2.22. The Morgan fingerprint density at radius 3 is 2.50 bits per heavy atom. The Morgan fingerprint density at radius 1 is 1.04 bits per heavy atom. The molecule has 0 aliphatic carbocycles. The fraction of sp³-hybridized carbons (Fsp3) is 0.333. The zero-order valence-electron chi connectivity index (χ0n) is 13.7. The lowest BCUT2D eigenvalue weighted by Gasteiger charge is -2.14. The van der Waals surface area contributed by atoms with Crippen LogP contribution < -0.4 is 16.0 Å². The summed E-state index contributed by atoms with van der Waals surface area (Å²) in [5.74, 6) is -0.0348. The number of nitrogens with one attached hydrogen (secondary N) is 3. The number of amides is 3. The Hall–Kier alpha value is -2.76. The maximum atomic E-state index is 11.8. The van der Waals surface area contributed by atoms with Crippen LogP contribution in [-0.4, -0.2) is 31.1 Å². The molecular weight excluding hydrogens is 306 g/mol. The predicted octanol–water partition coefficient (Wildman–Crippen LogP) is 2.33. The summed E-state index contributed by atoms with van der Waals surface area (Å²) in [6, 6.07) is 13.2. The van der Waals surface area contributed by atoms with Gasteiger partial charge in [0.2, 0.25) is 0 Å². The van der Waals surface area contributed by atoms with Gasteiger partial charge in [0.1, 0.15) is 0 Å². The maximum Gasteiger partial charge on any atom is 0.315 e. The van der Waals surface area contributed by atoms with E-state index in [4.69, 9.17) is 4.42 Å². The second kappa shape index (κ2) is 9.39. The second-order valence-corrected chi connectivity index (χ2v) is 5.56. The number of benzene rings is 1. The number of hydrogen-bond donors (Lipinski definition) is 3. The molecule has 1 heterocycles. The SMILES string of the molecule is CC(CCc1ccccc1)NC(=O)NCCNC(=O)c1ccco1. The highest BCUT2D eigenvalue weighted by Gasteiger charge is 2.09. The van der Waals surface area contributed by atoms with E-state index in [1.54, 1.807) is 12.1 Å². The minimum atomic E-state index is -0.293. The first kappa shape index (κ1) is 17.6. The van der Waals surface area contributed by atoms with E-state index >= 15 is 0 Å². The van der Waals surface area contributed by atoms with Crippen molar-refractivity contribution in [1.29, 1.82) is 0 Å². The Balaban J connectivity index is 1.56. The Kier molecular flexibility index (Phi) is 6.89. The summed E-state index contributed by atoms with van der Waals surface area (Å²) in [5, 5.41) is 8.27. The van der Waals surface area contributed by atoms with Crippen molar-refractivity contribution in [2.24, 2.45) is 0 Å². The van der Waals surface area contributed by atoms with Crippen LogP contribution in [0.15, 0.2) is 53.1 Å². The Morgan fingerprint density at radius 2 is 1.79 bits per heavy atom. The van der Waals surface area contributed by atoms with E-state index in [-0.39, 0.29) is 23.7 Å². The Labute approximate surface area is 141 Å². The van der Waals surface area contributed by atoms with Gasteiger partial charge in [-0.3, -0.25) is 4.79 Å². The minimum absolute atomic E-state index is 0.0721. The largest absolute Gasteiger partial charge is 0.459 e. The van der Waals surface area contributed by atoms with E-state index in [1.165, 1.54) is 11.8 Å². The lowest BCUT2D eigenvalue weighted by molar-refractivity contribution is 0.0926. The van der Waals surface area contributed by atoms with Crippen molar-refractivity contribution < 1.29 is 14.0 Å². The molecule has 0 aliphatic rings. The van der Waals surface area contributed by atoms with E-state index in [1.807, 2.05) is 25.1 Å². The fourth-order valence-corrected chi connectivity index (χ4v) is 2.22. The van der Waals surface area contributed by atoms with Gasteiger partial charge < -0.3 is 20.4 Å². The van der Waals surface area contributed by atoms with Crippen molar-refractivity contribution in [2.75, 3.05) is 13.1 Å². The van der Waals surface area contributed by atoms with E-state index < -0.39 is 0 Å². The van der Waals surface area contributed by atoms with E-state index in [9.17, 15) is 9.59 Å². The van der Waals surface area contributed by atoms with E-state index in [2.05, 4.69) is 28.1 Å². The van der Waals surface area contributed by atoms with Gasteiger partial charge in [-0.1, -0.05) is 30.3 Å². The second-order valence-electron chi connectivity index (χ2n) is 5.56. The summed E-state index contributed by atoms with van der Waals surface area (Å²) in [4.78, 5) is 23.4.